The molecule has 1 N–H and O–H groups in total. The van der Waals surface area contributed by atoms with Gasteiger partial charge in [0.25, 0.3) is 0 Å². The second-order valence-electron chi connectivity index (χ2n) is 2.77. The molecule has 1 unspecified atom stereocenters. The summed E-state index contributed by atoms with van der Waals surface area (Å²) in [5.41, 5.74) is -0.128. The largest absolute Gasteiger partial charge is 0.374 e. The lowest BCUT2D eigenvalue weighted by atomic mass is 10.1. The monoisotopic (exact) mass is 162 g/mol. The summed E-state index contributed by atoms with van der Waals surface area (Å²) in [7, 11) is 0. The maximum absolute atomic E-state index is 9.33. The first-order valence-electron chi connectivity index (χ1n) is 3.70. The van der Waals surface area contributed by atoms with Crippen LogP contribution in [0.3, 0.4) is 0 Å². The number of allylic oxidation sites excluding steroid dienone is 4. The van der Waals surface area contributed by atoms with E-state index in [0.717, 1.165) is 5.57 Å². The van der Waals surface area contributed by atoms with Gasteiger partial charge in [0.2, 0.25) is 0 Å². The van der Waals surface area contributed by atoms with Gasteiger partial charge in [-0.1, -0.05) is 36.3 Å². The van der Waals surface area contributed by atoms with Gasteiger partial charge in [-0.25, -0.2) is 0 Å². The van der Waals surface area contributed by atoms with Crippen LogP contribution in [0.4, 0.5) is 0 Å². The molecule has 0 aliphatic carbocycles. The third-order valence-corrected chi connectivity index (χ3v) is 1.39. The Hall–Kier alpha value is -1.26. The Bertz CT molecular complexity index is 249. The van der Waals surface area contributed by atoms with Gasteiger partial charge in [-0.2, -0.15) is 0 Å². The van der Waals surface area contributed by atoms with E-state index in [1.165, 1.54) is 0 Å². The highest BCUT2D eigenvalue weighted by Crippen LogP contribution is 2.03. The van der Waals surface area contributed by atoms with Gasteiger partial charge in [-0.15, -0.1) is 6.42 Å². The maximum Gasteiger partial charge on any atom is 0.141 e. The number of hydrogen-bond acceptors (Lipinski definition) is 1. The van der Waals surface area contributed by atoms with Crippen LogP contribution in [0, 0.1) is 12.3 Å². The van der Waals surface area contributed by atoms with Crippen LogP contribution in [0.2, 0.25) is 0 Å². The minimum atomic E-state index is -1.15. The van der Waals surface area contributed by atoms with E-state index in [0.29, 0.717) is 0 Å². The topological polar surface area (TPSA) is 20.2 Å². The van der Waals surface area contributed by atoms with Gasteiger partial charge in [-0.3, -0.25) is 0 Å². The molecule has 0 aliphatic rings. The van der Waals surface area contributed by atoms with Crippen molar-refractivity contribution in [2.75, 3.05) is 0 Å². The minimum Gasteiger partial charge on any atom is -0.374 e. The van der Waals surface area contributed by atoms with E-state index in [9.17, 15) is 5.11 Å². The second kappa shape index (κ2) is 4.58. The van der Waals surface area contributed by atoms with Crippen molar-refractivity contribution in [1.82, 2.24) is 0 Å². The average molecular weight is 162 g/mol. The first-order valence-corrected chi connectivity index (χ1v) is 3.70. The highest BCUT2D eigenvalue weighted by atomic mass is 16.3. The first kappa shape index (κ1) is 10.7. The van der Waals surface area contributed by atoms with Gasteiger partial charge < -0.3 is 5.11 Å². The zero-order valence-electron chi connectivity index (χ0n) is 7.54. The molecule has 0 saturated heterocycles. The molecule has 0 aliphatic heterocycles. The van der Waals surface area contributed by atoms with Crippen LogP contribution in [0.5, 0.6) is 0 Å². The summed E-state index contributed by atoms with van der Waals surface area (Å²) in [5.74, 6) is 2.25. The van der Waals surface area contributed by atoms with Crippen LogP contribution in [-0.4, -0.2) is 10.7 Å². The summed E-state index contributed by atoms with van der Waals surface area (Å²) < 4.78 is 0. The fourth-order valence-corrected chi connectivity index (χ4v) is 0.503. The minimum absolute atomic E-state index is 1.03. The lowest BCUT2D eigenvalue weighted by molar-refractivity contribution is 0.174. The van der Waals surface area contributed by atoms with Gasteiger partial charge in [0.05, 0.1) is 0 Å². The molecule has 1 nitrogen and oxygen atoms in total. The Kier molecular flexibility index (Phi) is 4.10. The highest BCUT2D eigenvalue weighted by molar-refractivity contribution is 5.24. The molecule has 0 aromatic heterocycles. The quantitative estimate of drug-likeness (QED) is 0.497. The molecular formula is C11H14O. The van der Waals surface area contributed by atoms with Crippen molar-refractivity contribution < 1.29 is 5.11 Å². The molecule has 0 aromatic rings. The summed E-state index contributed by atoms with van der Waals surface area (Å²) in [6, 6.07) is 0. The average Bonchev–Trinajstić information content (AvgIpc) is 2.04. The molecule has 0 amide bonds. The van der Waals surface area contributed by atoms with Gasteiger partial charge in [-0.05, 0) is 19.9 Å². The Morgan fingerprint density at radius 2 is 2.25 bits per heavy atom. The summed E-state index contributed by atoms with van der Waals surface area (Å²) in [6.07, 6.45) is 11.9. The molecule has 0 heterocycles. The summed E-state index contributed by atoms with van der Waals surface area (Å²) in [5, 5.41) is 9.33. The Morgan fingerprint density at radius 1 is 1.67 bits per heavy atom. The van der Waals surface area contributed by atoms with Crippen molar-refractivity contribution in [1.29, 1.82) is 0 Å². The van der Waals surface area contributed by atoms with E-state index in [1.54, 1.807) is 25.2 Å². The van der Waals surface area contributed by atoms with Crippen LogP contribution >= 0.6 is 0 Å². The maximum atomic E-state index is 9.33. The lowest BCUT2D eigenvalue weighted by Gasteiger charge is -2.08. The van der Waals surface area contributed by atoms with E-state index in [2.05, 4.69) is 12.5 Å². The number of terminal acetylenes is 1. The van der Waals surface area contributed by atoms with Crippen molar-refractivity contribution >= 4 is 0 Å². The molecule has 0 fully saturated rings. The molecule has 1 atom stereocenters. The van der Waals surface area contributed by atoms with Gasteiger partial charge in [0.1, 0.15) is 5.60 Å². The van der Waals surface area contributed by atoms with Gasteiger partial charge in [0, 0.05) is 0 Å². The Morgan fingerprint density at radius 3 is 2.67 bits per heavy atom. The smallest absolute Gasteiger partial charge is 0.141 e. The van der Waals surface area contributed by atoms with Crippen molar-refractivity contribution in [3.63, 3.8) is 0 Å². The van der Waals surface area contributed by atoms with Crippen molar-refractivity contribution in [3.8, 4) is 12.3 Å². The van der Waals surface area contributed by atoms with Crippen molar-refractivity contribution in [2.24, 2.45) is 0 Å². The molecule has 0 spiro atoms. The fraction of sp³-hybridized carbons (Fsp3) is 0.273. The Labute approximate surface area is 74.1 Å². The highest BCUT2D eigenvalue weighted by Gasteiger charge is 2.08. The molecule has 64 valence electrons. The summed E-state index contributed by atoms with van der Waals surface area (Å²) >= 11 is 0. The van der Waals surface area contributed by atoms with E-state index in [-0.39, 0.29) is 0 Å². The van der Waals surface area contributed by atoms with Crippen LogP contribution in [0.15, 0.2) is 36.5 Å². The molecule has 0 aromatic carbocycles. The number of aliphatic hydroxyl groups is 1. The normalized spacial score (nSPS) is 17.0. The van der Waals surface area contributed by atoms with E-state index < -0.39 is 5.60 Å². The zero-order chi connectivity index (χ0) is 9.61. The third-order valence-electron chi connectivity index (χ3n) is 1.39. The molecule has 0 rings (SSSR count). The predicted molar refractivity (Wildman–Crippen MR) is 52.6 cm³/mol. The van der Waals surface area contributed by atoms with Crippen molar-refractivity contribution in [2.45, 2.75) is 19.4 Å². The predicted octanol–water partition coefficient (Wildman–Crippen LogP) is 2.06. The third kappa shape index (κ3) is 4.54. The van der Waals surface area contributed by atoms with E-state index in [1.807, 2.05) is 13.0 Å². The number of rotatable bonds is 3. The van der Waals surface area contributed by atoms with Crippen LogP contribution in [0.1, 0.15) is 13.8 Å². The molecule has 12 heavy (non-hydrogen) atoms. The lowest BCUT2D eigenvalue weighted by Crippen LogP contribution is -2.16. The standard InChI is InChI=1S/C11H14O/c1-5-10(3)8-7-9-11(4,12)6-2/h2,5,7-9,12H,1H2,3-4H3/b9-7+,10-8+. The molecule has 0 radical (unpaired) electrons. The SMILES string of the molecule is C#CC(C)(O)/C=C/C=C(\C)C=C. The Balaban J connectivity index is 4.29. The molecule has 0 bridgehead atoms. The van der Waals surface area contributed by atoms with Crippen LogP contribution < -0.4 is 0 Å². The molecular weight excluding hydrogens is 148 g/mol. The van der Waals surface area contributed by atoms with Gasteiger partial charge >= 0.3 is 0 Å². The summed E-state index contributed by atoms with van der Waals surface area (Å²) in [6.45, 7) is 7.07. The summed E-state index contributed by atoms with van der Waals surface area (Å²) in [4.78, 5) is 0. The van der Waals surface area contributed by atoms with Crippen LogP contribution in [0.25, 0.3) is 0 Å². The fourth-order valence-electron chi connectivity index (χ4n) is 0.503. The van der Waals surface area contributed by atoms with Crippen molar-refractivity contribution in [3.05, 3.63) is 36.5 Å². The van der Waals surface area contributed by atoms with Gasteiger partial charge in [0.15, 0.2) is 0 Å². The van der Waals surface area contributed by atoms with E-state index in [4.69, 9.17) is 6.42 Å². The number of hydrogen-bond donors (Lipinski definition) is 1. The van der Waals surface area contributed by atoms with E-state index >= 15 is 0 Å². The van der Waals surface area contributed by atoms with Crippen LogP contribution in [-0.2, 0) is 0 Å². The zero-order valence-corrected chi connectivity index (χ0v) is 7.54. The molecule has 0 saturated carbocycles. The second-order valence-corrected chi connectivity index (χ2v) is 2.77. The molecule has 1 heteroatoms. The first-order chi connectivity index (χ1) is 5.52.